The summed E-state index contributed by atoms with van der Waals surface area (Å²) in [5, 5.41) is 4.39. The van der Waals surface area contributed by atoms with E-state index in [1.54, 1.807) is 34.0 Å². The summed E-state index contributed by atoms with van der Waals surface area (Å²) in [6, 6.07) is 8.94. The van der Waals surface area contributed by atoms with Gasteiger partial charge in [-0.25, -0.2) is 23.0 Å². The molecule has 0 bridgehead atoms. The molecule has 1 saturated carbocycles. The number of amides is 2. The van der Waals surface area contributed by atoms with E-state index in [0.717, 1.165) is 36.6 Å². The van der Waals surface area contributed by atoms with Crippen LogP contribution in [0.5, 0.6) is 5.75 Å². The van der Waals surface area contributed by atoms with Crippen molar-refractivity contribution in [3.63, 3.8) is 0 Å². The van der Waals surface area contributed by atoms with Gasteiger partial charge in [-0.15, -0.1) is 0 Å². The van der Waals surface area contributed by atoms with E-state index < -0.39 is 33.5 Å². The second-order valence-corrected chi connectivity index (χ2v) is 18.3. The van der Waals surface area contributed by atoms with E-state index in [9.17, 15) is 22.8 Å². The van der Waals surface area contributed by atoms with Gasteiger partial charge in [0.15, 0.2) is 0 Å². The molecule has 2 aliphatic rings. The van der Waals surface area contributed by atoms with Crippen molar-refractivity contribution >= 4 is 44.7 Å². The van der Waals surface area contributed by atoms with Crippen LogP contribution >= 0.6 is 0 Å². The molecule has 0 unspecified atom stereocenters. The van der Waals surface area contributed by atoms with E-state index in [4.69, 9.17) is 19.2 Å². The van der Waals surface area contributed by atoms with Gasteiger partial charge in [0.1, 0.15) is 39.2 Å². The molecule has 302 valence electrons. The number of likely N-dealkylation sites (N-methyl/N-ethyl adjacent to an activating group) is 1. The number of fused-ring (bicyclic) bond motifs is 1. The molecule has 1 N–H and O–H groups in total. The summed E-state index contributed by atoms with van der Waals surface area (Å²) in [4.78, 5) is 52.2. The zero-order chi connectivity index (χ0) is 39.9. The molecule has 3 heterocycles. The number of nitrogens with zero attached hydrogens (tertiary/aromatic N) is 5. The number of anilines is 1. The third-order valence-corrected chi connectivity index (χ3v) is 11.5. The van der Waals surface area contributed by atoms with Gasteiger partial charge >= 0.3 is 12.1 Å². The third-order valence-electron chi connectivity index (χ3n) is 10.5. The van der Waals surface area contributed by atoms with Crippen LogP contribution in [0, 0.1) is 11.8 Å². The van der Waals surface area contributed by atoms with Gasteiger partial charge in [0, 0.05) is 69.0 Å². The molecule has 55 heavy (non-hydrogen) atoms. The Morgan fingerprint density at radius 1 is 1.04 bits per heavy atom. The van der Waals surface area contributed by atoms with E-state index in [0.29, 0.717) is 62.9 Å². The van der Waals surface area contributed by atoms with Crippen LogP contribution in [0.3, 0.4) is 0 Å². The average molecular weight is 783 g/mol. The molecule has 1 aromatic carbocycles. The van der Waals surface area contributed by atoms with E-state index in [2.05, 4.69) is 10.3 Å². The summed E-state index contributed by atoms with van der Waals surface area (Å²) in [5.41, 5.74) is 0.230. The van der Waals surface area contributed by atoms with Crippen molar-refractivity contribution in [3.8, 4) is 11.6 Å². The minimum absolute atomic E-state index is 0.0595. The number of rotatable bonds is 14. The molecule has 1 aliphatic carbocycles. The summed E-state index contributed by atoms with van der Waals surface area (Å²) in [5.74, 6) is 1.53. The van der Waals surface area contributed by atoms with Gasteiger partial charge in [-0.1, -0.05) is 26.3 Å². The molecule has 1 aliphatic heterocycles. The summed E-state index contributed by atoms with van der Waals surface area (Å²) in [6.45, 7) is 10.6. The standard InChI is InChI=1S/C40H58N6O8S/c1-8-27(2)35(44(6)39(49)54-40(3,4)5)37(48)53-30-18-22-45(23-19-30)36(47)28-13-15-29(16-14-28)42-38-41-21-17-34(43-38)46-24-20-31-32(46)11-9-12-33(31)52-25-10-26-55(7,50)51/h9,11-12,17,20-21,24,27-30,35H,8,10,13-16,18-19,22-23,25-26H2,1-7H3,(H,41,42,43)/t27-,28?,29?,35-/m1/s1. The topological polar surface area (TPSA) is 162 Å². The van der Waals surface area contributed by atoms with E-state index >= 15 is 0 Å². The molecule has 0 radical (unpaired) electrons. The number of likely N-dealkylation sites (tertiary alicyclic amines) is 1. The maximum Gasteiger partial charge on any atom is 0.410 e. The second-order valence-electron chi connectivity index (χ2n) is 16.0. The molecule has 0 spiro atoms. The number of nitrogens with one attached hydrogen (secondary N) is 1. The Hall–Kier alpha value is -4.40. The molecule has 3 aromatic rings. The monoisotopic (exact) mass is 782 g/mol. The van der Waals surface area contributed by atoms with Gasteiger partial charge < -0.3 is 29.0 Å². The van der Waals surface area contributed by atoms with Crippen LogP contribution in [-0.4, -0.2) is 113 Å². The summed E-state index contributed by atoms with van der Waals surface area (Å²) < 4.78 is 42.3. The van der Waals surface area contributed by atoms with Crippen LogP contribution in [0.1, 0.15) is 86.0 Å². The molecule has 2 fully saturated rings. The molecule has 1 saturated heterocycles. The maximum atomic E-state index is 13.6. The lowest BCUT2D eigenvalue weighted by atomic mass is 9.85. The number of sulfone groups is 1. The lowest BCUT2D eigenvalue weighted by Crippen LogP contribution is -2.50. The van der Waals surface area contributed by atoms with Crippen LogP contribution in [0.2, 0.25) is 0 Å². The number of benzene rings is 1. The number of aromatic nitrogens is 3. The van der Waals surface area contributed by atoms with Gasteiger partial charge in [0.25, 0.3) is 0 Å². The first-order valence-electron chi connectivity index (χ1n) is 19.5. The molecular formula is C40H58N6O8S. The average Bonchev–Trinajstić information content (AvgIpc) is 3.58. The van der Waals surface area contributed by atoms with E-state index in [1.807, 2.05) is 59.8 Å². The number of carbonyl (C=O) groups excluding carboxylic acids is 3. The summed E-state index contributed by atoms with van der Waals surface area (Å²) >= 11 is 0. The van der Waals surface area contributed by atoms with Crippen molar-refractivity contribution in [2.24, 2.45) is 11.8 Å². The van der Waals surface area contributed by atoms with Crippen LogP contribution in [0.15, 0.2) is 42.7 Å². The fourth-order valence-corrected chi connectivity index (χ4v) is 7.96. The van der Waals surface area contributed by atoms with Gasteiger partial charge in [0.05, 0.1) is 17.9 Å². The Morgan fingerprint density at radius 3 is 2.40 bits per heavy atom. The van der Waals surface area contributed by atoms with Crippen LogP contribution in [0.4, 0.5) is 10.7 Å². The molecule has 2 amide bonds. The van der Waals surface area contributed by atoms with Crippen molar-refractivity contribution in [2.75, 3.05) is 44.1 Å². The van der Waals surface area contributed by atoms with Crippen molar-refractivity contribution in [1.82, 2.24) is 24.3 Å². The Morgan fingerprint density at radius 2 is 1.75 bits per heavy atom. The largest absolute Gasteiger partial charge is 0.493 e. The lowest BCUT2D eigenvalue weighted by molar-refractivity contribution is -0.160. The van der Waals surface area contributed by atoms with Crippen LogP contribution < -0.4 is 10.1 Å². The highest BCUT2D eigenvalue weighted by Crippen LogP contribution is 2.31. The predicted molar refractivity (Wildman–Crippen MR) is 211 cm³/mol. The second kappa shape index (κ2) is 18.0. The molecule has 5 rings (SSSR count). The predicted octanol–water partition coefficient (Wildman–Crippen LogP) is 6.02. The minimum atomic E-state index is -3.04. The minimum Gasteiger partial charge on any atom is -0.493 e. The molecule has 2 aromatic heterocycles. The number of ether oxygens (including phenoxy) is 3. The highest BCUT2D eigenvalue weighted by atomic mass is 32.2. The first-order chi connectivity index (χ1) is 26.0. The van der Waals surface area contributed by atoms with Gasteiger partial charge in [-0.3, -0.25) is 9.69 Å². The normalized spacial score (nSPS) is 19.4. The number of carbonyl (C=O) groups is 3. The molecule has 2 atom stereocenters. The lowest BCUT2D eigenvalue weighted by Gasteiger charge is -2.37. The zero-order valence-corrected chi connectivity index (χ0v) is 34.1. The van der Waals surface area contributed by atoms with Gasteiger partial charge in [-0.2, -0.15) is 4.98 Å². The van der Waals surface area contributed by atoms with Crippen LogP contribution in [0.25, 0.3) is 16.7 Å². The summed E-state index contributed by atoms with van der Waals surface area (Å²) in [7, 11) is -1.46. The Balaban J connectivity index is 1.09. The van der Waals surface area contributed by atoms with Crippen molar-refractivity contribution < 1.29 is 37.0 Å². The highest BCUT2D eigenvalue weighted by molar-refractivity contribution is 7.90. The Bertz CT molecular complexity index is 1890. The number of hydrogen-bond acceptors (Lipinski definition) is 11. The summed E-state index contributed by atoms with van der Waals surface area (Å²) in [6.07, 6.45) is 9.37. The quantitative estimate of drug-likeness (QED) is 0.150. The number of esters is 1. The first-order valence-corrected chi connectivity index (χ1v) is 21.5. The van der Waals surface area contributed by atoms with Gasteiger partial charge in [-0.05, 0) is 83.1 Å². The Labute approximate surface area is 325 Å². The molecular weight excluding hydrogens is 725 g/mol. The highest BCUT2D eigenvalue weighted by Gasteiger charge is 2.38. The fraction of sp³-hybridized carbons (Fsp3) is 0.625. The smallest absolute Gasteiger partial charge is 0.410 e. The fourth-order valence-electron chi connectivity index (χ4n) is 7.32. The number of hydrogen-bond donors (Lipinski definition) is 1. The van der Waals surface area contributed by atoms with Gasteiger partial charge in [0.2, 0.25) is 11.9 Å². The maximum absolute atomic E-state index is 13.6. The Kier molecular flexibility index (Phi) is 13.7. The third kappa shape index (κ3) is 11.3. The molecule has 14 nitrogen and oxygen atoms in total. The van der Waals surface area contributed by atoms with E-state index in [-0.39, 0.29) is 35.6 Å². The van der Waals surface area contributed by atoms with Crippen LogP contribution in [-0.2, 0) is 28.9 Å². The zero-order valence-electron chi connectivity index (χ0n) is 33.3. The molecule has 15 heteroatoms. The van der Waals surface area contributed by atoms with Crippen molar-refractivity contribution in [3.05, 3.63) is 42.7 Å². The SMILES string of the molecule is CC[C@@H](C)[C@H](C(=O)OC1CCN(C(=O)C2CCC(Nc3nccc(-n4ccc5c(OCCCS(C)(=O)=O)cccc54)n3)CC2)CC1)N(C)C(=O)OC(C)(C)C. The van der Waals surface area contributed by atoms with E-state index in [1.165, 1.54) is 11.2 Å². The number of piperidine rings is 1. The van der Waals surface area contributed by atoms with Crippen molar-refractivity contribution in [1.29, 1.82) is 0 Å². The van der Waals surface area contributed by atoms with Crippen molar-refractivity contribution in [2.45, 2.75) is 110 Å². The first kappa shape index (κ1) is 41.8.